The summed E-state index contributed by atoms with van der Waals surface area (Å²) in [5, 5.41) is 9.94. The highest BCUT2D eigenvalue weighted by molar-refractivity contribution is 5.68. The van der Waals surface area contributed by atoms with E-state index in [0.717, 1.165) is 27.9 Å². The molecule has 3 nitrogen and oxygen atoms in total. The number of hydrogen-bond acceptors (Lipinski definition) is 3. The summed E-state index contributed by atoms with van der Waals surface area (Å²) in [4.78, 5) is 3.68. The van der Waals surface area contributed by atoms with Crippen LogP contribution < -0.4 is 9.80 Å². The van der Waals surface area contributed by atoms with Gasteiger partial charge < -0.3 is 14.9 Å². The number of fused-ring (bicyclic) bond motifs is 1. The first-order valence-corrected chi connectivity index (χ1v) is 12.3. The Hall–Kier alpha value is -3.06. The van der Waals surface area contributed by atoms with E-state index >= 15 is 0 Å². The number of benzene rings is 3. The van der Waals surface area contributed by atoms with Crippen molar-refractivity contribution in [2.24, 2.45) is 0 Å². The van der Waals surface area contributed by atoms with Gasteiger partial charge in [0.2, 0.25) is 0 Å². The standard InChI is InChI=1S/C29H30F4N2O/c1-20-6-4-7-21(14-20)16-28(22-8-5-9-24(15-22)34-13-12-23(30)17-34)19-35(18-27(36)29(31,32)33)26-11-3-2-10-25(26)28/h2-11,14-15,23,27,36H,12-13,16-19H2,1H3/t23-,27-,28?/m1/s1. The minimum atomic E-state index is -4.70. The lowest BCUT2D eigenvalue weighted by Gasteiger charge is -2.33. The third-order valence-corrected chi connectivity index (χ3v) is 7.48. The number of alkyl halides is 4. The quantitative estimate of drug-likeness (QED) is 0.434. The maximum absolute atomic E-state index is 14.0. The van der Waals surface area contributed by atoms with Gasteiger partial charge in [0, 0.05) is 36.4 Å². The molecule has 0 radical (unpaired) electrons. The van der Waals surface area contributed by atoms with E-state index in [4.69, 9.17) is 0 Å². The molecule has 0 aliphatic carbocycles. The van der Waals surface area contributed by atoms with Crippen molar-refractivity contribution in [2.75, 3.05) is 36.0 Å². The van der Waals surface area contributed by atoms with Crippen molar-refractivity contribution in [1.82, 2.24) is 0 Å². The van der Waals surface area contributed by atoms with Crippen molar-refractivity contribution in [1.29, 1.82) is 0 Å². The van der Waals surface area contributed by atoms with Gasteiger partial charge in [0.15, 0.2) is 6.10 Å². The Labute approximate surface area is 209 Å². The first-order valence-electron chi connectivity index (χ1n) is 12.3. The lowest BCUT2D eigenvalue weighted by atomic mass is 9.71. The highest BCUT2D eigenvalue weighted by Crippen LogP contribution is 2.48. The van der Waals surface area contributed by atoms with Crippen molar-refractivity contribution in [3.05, 3.63) is 95.1 Å². The Morgan fingerprint density at radius 2 is 1.81 bits per heavy atom. The third-order valence-electron chi connectivity index (χ3n) is 7.48. The van der Waals surface area contributed by atoms with Gasteiger partial charge in [-0.05, 0) is 54.7 Å². The van der Waals surface area contributed by atoms with E-state index in [1.165, 1.54) is 0 Å². The smallest absolute Gasteiger partial charge is 0.382 e. The number of aliphatic hydroxyl groups is 1. The van der Waals surface area contributed by atoms with Crippen LogP contribution >= 0.6 is 0 Å². The molecule has 7 heteroatoms. The van der Waals surface area contributed by atoms with Crippen molar-refractivity contribution in [3.63, 3.8) is 0 Å². The first-order chi connectivity index (χ1) is 17.2. The average Bonchev–Trinajstić information content (AvgIpc) is 3.41. The molecule has 0 saturated carbocycles. The van der Waals surface area contributed by atoms with Crippen LogP contribution in [-0.2, 0) is 11.8 Å². The van der Waals surface area contributed by atoms with E-state index in [-0.39, 0.29) is 0 Å². The van der Waals surface area contributed by atoms with Crippen LogP contribution in [0.15, 0.2) is 72.8 Å². The molecule has 2 aliphatic heterocycles. The Morgan fingerprint density at radius 3 is 2.53 bits per heavy atom. The molecule has 1 unspecified atom stereocenters. The summed E-state index contributed by atoms with van der Waals surface area (Å²) in [6, 6.07) is 23.7. The summed E-state index contributed by atoms with van der Waals surface area (Å²) in [5.74, 6) is 0. The highest BCUT2D eigenvalue weighted by atomic mass is 19.4. The van der Waals surface area contributed by atoms with E-state index in [2.05, 4.69) is 12.1 Å². The number of anilines is 2. The van der Waals surface area contributed by atoms with Crippen LogP contribution in [0.5, 0.6) is 0 Å². The van der Waals surface area contributed by atoms with Crippen LogP contribution in [-0.4, -0.2) is 49.7 Å². The van der Waals surface area contributed by atoms with Gasteiger partial charge in [-0.15, -0.1) is 0 Å². The third kappa shape index (κ3) is 4.69. The Balaban J connectivity index is 1.61. The second-order valence-corrected chi connectivity index (χ2v) is 10.1. The fraction of sp³-hybridized carbons (Fsp3) is 0.379. The molecule has 1 saturated heterocycles. The molecule has 1 N–H and O–H groups in total. The van der Waals surface area contributed by atoms with Gasteiger partial charge in [0.05, 0.1) is 6.54 Å². The predicted octanol–water partition coefficient (Wildman–Crippen LogP) is 5.82. The molecule has 0 aromatic heterocycles. The zero-order valence-corrected chi connectivity index (χ0v) is 20.2. The largest absolute Gasteiger partial charge is 0.416 e. The van der Waals surface area contributed by atoms with Crippen LogP contribution in [0.2, 0.25) is 0 Å². The molecule has 5 rings (SSSR count). The zero-order valence-electron chi connectivity index (χ0n) is 20.2. The fourth-order valence-corrected chi connectivity index (χ4v) is 5.75. The van der Waals surface area contributed by atoms with Crippen LogP contribution in [0, 0.1) is 6.92 Å². The summed E-state index contributed by atoms with van der Waals surface area (Å²) in [7, 11) is 0. The van der Waals surface area contributed by atoms with Crippen molar-refractivity contribution < 1.29 is 22.7 Å². The lowest BCUT2D eigenvalue weighted by Crippen LogP contribution is -2.44. The van der Waals surface area contributed by atoms with E-state index in [1.807, 2.05) is 72.5 Å². The van der Waals surface area contributed by atoms with Crippen LogP contribution in [0.25, 0.3) is 0 Å². The summed E-state index contributed by atoms with van der Waals surface area (Å²) in [5.41, 5.74) is 5.08. The number of nitrogens with zero attached hydrogens (tertiary/aromatic N) is 2. The molecule has 36 heavy (non-hydrogen) atoms. The number of aliphatic hydroxyl groups excluding tert-OH is 1. The maximum atomic E-state index is 14.0. The lowest BCUT2D eigenvalue weighted by molar-refractivity contribution is -0.200. The van der Waals surface area contributed by atoms with Gasteiger partial charge in [-0.25, -0.2) is 4.39 Å². The van der Waals surface area contributed by atoms with Gasteiger partial charge in [0.1, 0.15) is 6.17 Å². The molecule has 0 amide bonds. The zero-order chi connectivity index (χ0) is 25.5. The molecule has 0 spiro atoms. The van der Waals surface area contributed by atoms with Crippen molar-refractivity contribution in [2.45, 2.75) is 43.6 Å². The van der Waals surface area contributed by atoms with E-state index in [9.17, 15) is 22.7 Å². The number of halogens is 4. The second-order valence-electron chi connectivity index (χ2n) is 10.1. The van der Waals surface area contributed by atoms with E-state index < -0.39 is 30.4 Å². The van der Waals surface area contributed by atoms with E-state index in [1.54, 1.807) is 4.90 Å². The van der Waals surface area contributed by atoms with Crippen LogP contribution in [0.4, 0.5) is 28.9 Å². The van der Waals surface area contributed by atoms with Gasteiger partial charge in [-0.3, -0.25) is 0 Å². The normalized spacial score (nSPS) is 22.7. The average molecular weight is 499 g/mol. The number of para-hydroxylation sites is 1. The number of rotatable bonds is 6. The van der Waals surface area contributed by atoms with Crippen LogP contribution in [0.3, 0.4) is 0 Å². The fourth-order valence-electron chi connectivity index (χ4n) is 5.75. The molecular weight excluding hydrogens is 468 g/mol. The number of aryl methyl sites for hydroxylation is 1. The maximum Gasteiger partial charge on any atom is 0.416 e. The monoisotopic (exact) mass is 498 g/mol. The molecule has 3 aromatic rings. The second kappa shape index (κ2) is 9.43. The first kappa shape index (κ1) is 24.6. The molecule has 2 aliphatic rings. The molecule has 3 atom stereocenters. The van der Waals surface area contributed by atoms with Gasteiger partial charge >= 0.3 is 6.18 Å². The summed E-state index contributed by atoms with van der Waals surface area (Å²) < 4.78 is 54.0. The predicted molar refractivity (Wildman–Crippen MR) is 135 cm³/mol. The number of hydrogen-bond donors (Lipinski definition) is 1. The van der Waals surface area contributed by atoms with Gasteiger partial charge in [-0.2, -0.15) is 13.2 Å². The molecule has 3 aromatic carbocycles. The minimum absolute atomic E-state index is 0.294. The molecule has 190 valence electrons. The Morgan fingerprint density at radius 1 is 1.03 bits per heavy atom. The summed E-state index contributed by atoms with van der Waals surface area (Å²) in [6.07, 6.45) is -6.93. The summed E-state index contributed by atoms with van der Waals surface area (Å²) in [6.45, 7) is 2.75. The molecule has 2 heterocycles. The molecule has 1 fully saturated rings. The SMILES string of the molecule is Cc1cccc(CC2(c3cccc(N4CC[C@@H](F)C4)c3)CN(C[C@@H](O)C(F)(F)F)c3ccccc32)c1. The Bertz CT molecular complexity index is 1230. The highest BCUT2D eigenvalue weighted by Gasteiger charge is 2.47. The topological polar surface area (TPSA) is 26.7 Å². The van der Waals surface area contributed by atoms with Crippen LogP contribution in [0.1, 0.15) is 28.7 Å². The molecular formula is C29H30F4N2O. The molecule has 0 bridgehead atoms. The van der Waals surface area contributed by atoms with Crippen molar-refractivity contribution >= 4 is 11.4 Å². The minimum Gasteiger partial charge on any atom is -0.382 e. The summed E-state index contributed by atoms with van der Waals surface area (Å²) >= 11 is 0. The Kier molecular flexibility index (Phi) is 6.45. The number of β-amino-alcohol motifs (C(OH)–C–C–N with tert-alkyl or cyclic N) is 1. The van der Waals surface area contributed by atoms with Gasteiger partial charge in [-0.1, -0.05) is 60.2 Å². The van der Waals surface area contributed by atoms with E-state index in [0.29, 0.717) is 38.2 Å². The van der Waals surface area contributed by atoms with Gasteiger partial charge in [0.25, 0.3) is 0 Å². The van der Waals surface area contributed by atoms with Crippen molar-refractivity contribution in [3.8, 4) is 0 Å².